The lowest BCUT2D eigenvalue weighted by Crippen LogP contribution is -2.56. The minimum absolute atomic E-state index is 0.0205. The van der Waals surface area contributed by atoms with Crippen molar-refractivity contribution in [2.45, 2.75) is 50.2 Å². The van der Waals surface area contributed by atoms with Gasteiger partial charge in [-0.3, -0.25) is 13.9 Å². The Morgan fingerprint density at radius 2 is 1.39 bits per heavy atom. The monoisotopic (exact) mass is 679 g/mol. The van der Waals surface area contributed by atoms with Crippen molar-refractivity contribution in [3.8, 4) is 0 Å². The molecule has 2 amide bonds. The smallest absolute Gasteiger partial charge is 0.264 e. The van der Waals surface area contributed by atoms with E-state index in [4.69, 9.17) is 0 Å². The normalized spacial score (nSPS) is 12.3. The van der Waals surface area contributed by atoms with Crippen LogP contribution in [0.25, 0.3) is 0 Å². The van der Waals surface area contributed by atoms with Crippen LogP contribution in [0.4, 0.5) is 10.1 Å². The molecule has 230 valence electrons. The van der Waals surface area contributed by atoms with E-state index >= 15 is 0 Å². The van der Waals surface area contributed by atoms with Gasteiger partial charge in [-0.05, 0) is 80.4 Å². The van der Waals surface area contributed by atoms with E-state index in [1.807, 2.05) is 51.1 Å². The van der Waals surface area contributed by atoms with Crippen molar-refractivity contribution in [3.63, 3.8) is 0 Å². The molecule has 0 heterocycles. The molecule has 7 nitrogen and oxygen atoms in total. The Balaban J connectivity index is 1.80. The fraction of sp³-hybridized carbons (Fsp3) is 0.235. The summed E-state index contributed by atoms with van der Waals surface area (Å²) >= 11 is 3.38. The van der Waals surface area contributed by atoms with E-state index in [9.17, 15) is 22.4 Å². The molecule has 0 bridgehead atoms. The van der Waals surface area contributed by atoms with Crippen molar-refractivity contribution in [3.05, 3.63) is 131 Å². The molecule has 1 atom stereocenters. The highest BCUT2D eigenvalue weighted by atomic mass is 79.9. The van der Waals surface area contributed by atoms with Gasteiger partial charge in [0.05, 0.1) is 10.6 Å². The van der Waals surface area contributed by atoms with Crippen LogP contribution in [0.3, 0.4) is 0 Å². The molecular weight excluding hydrogens is 645 g/mol. The molecule has 0 aliphatic heterocycles. The van der Waals surface area contributed by atoms with Gasteiger partial charge in [0, 0.05) is 23.0 Å². The number of sulfonamides is 1. The molecule has 4 aromatic rings. The summed E-state index contributed by atoms with van der Waals surface area (Å²) in [5.74, 6) is -1.42. The summed E-state index contributed by atoms with van der Waals surface area (Å²) in [6.45, 7) is 4.91. The second-order valence-electron chi connectivity index (χ2n) is 11.4. The number of amides is 2. The van der Waals surface area contributed by atoms with E-state index in [-0.39, 0.29) is 23.5 Å². The van der Waals surface area contributed by atoms with Crippen LogP contribution in [0.2, 0.25) is 0 Å². The van der Waals surface area contributed by atoms with Crippen LogP contribution >= 0.6 is 15.9 Å². The van der Waals surface area contributed by atoms with Crippen molar-refractivity contribution in [1.29, 1.82) is 0 Å². The summed E-state index contributed by atoms with van der Waals surface area (Å²) < 4.78 is 43.5. The molecule has 1 unspecified atom stereocenters. The van der Waals surface area contributed by atoms with E-state index in [0.29, 0.717) is 5.56 Å². The highest BCUT2D eigenvalue weighted by Gasteiger charge is 2.35. The fourth-order valence-corrected chi connectivity index (χ4v) is 6.35. The summed E-state index contributed by atoms with van der Waals surface area (Å²) in [4.78, 5) is 29.7. The molecule has 10 heteroatoms. The molecule has 0 spiro atoms. The number of rotatable bonds is 11. The molecule has 0 saturated carbocycles. The zero-order valence-electron chi connectivity index (χ0n) is 24.8. The molecule has 0 aromatic heterocycles. The minimum Gasteiger partial charge on any atom is -0.350 e. The zero-order valence-corrected chi connectivity index (χ0v) is 27.2. The first-order valence-electron chi connectivity index (χ1n) is 14.1. The molecule has 44 heavy (non-hydrogen) atoms. The summed E-state index contributed by atoms with van der Waals surface area (Å²) in [5.41, 5.74) is 1.09. The second-order valence-corrected chi connectivity index (χ2v) is 14.2. The molecule has 0 fully saturated rings. The topological polar surface area (TPSA) is 86.8 Å². The second kappa shape index (κ2) is 14.2. The van der Waals surface area contributed by atoms with E-state index in [2.05, 4.69) is 21.2 Å². The van der Waals surface area contributed by atoms with E-state index in [1.54, 1.807) is 54.6 Å². The van der Waals surface area contributed by atoms with E-state index in [0.717, 1.165) is 14.3 Å². The number of nitrogens with one attached hydrogen (secondary N) is 1. The SMILES string of the molecule is CC(C)(C)NC(=O)C(Cc1ccccc1)N(Cc1ccc(F)cc1)C(=O)CN(c1ccc(Br)cc1)S(=O)(=O)c1ccccc1. The minimum atomic E-state index is -4.19. The third-order valence-electron chi connectivity index (χ3n) is 6.76. The van der Waals surface area contributed by atoms with Crippen molar-refractivity contribution in [1.82, 2.24) is 10.2 Å². The Labute approximate surface area is 266 Å². The summed E-state index contributed by atoms with van der Waals surface area (Å²) in [7, 11) is -4.19. The van der Waals surface area contributed by atoms with Crippen LogP contribution in [0.5, 0.6) is 0 Å². The van der Waals surface area contributed by atoms with E-state index in [1.165, 1.54) is 29.2 Å². The predicted molar refractivity (Wildman–Crippen MR) is 174 cm³/mol. The number of halogens is 2. The summed E-state index contributed by atoms with van der Waals surface area (Å²) in [6.07, 6.45) is 0.180. The Morgan fingerprint density at radius 1 is 0.818 bits per heavy atom. The van der Waals surface area contributed by atoms with Gasteiger partial charge < -0.3 is 10.2 Å². The highest BCUT2D eigenvalue weighted by Crippen LogP contribution is 2.26. The standard InChI is InChI=1S/C34H35BrFN3O4S/c1-34(2,3)37-33(41)31(22-25-10-6-4-7-11-25)38(23-26-14-18-28(36)19-15-26)32(40)24-39(29-20-16-27(35)17-21-29)44(42,43)30-12-8-5-9-13-30/h4-21,31H,22-24H2,1-3H3,(H,37,41). The summed E-state index contributed by atoms with van der Waals surface area (Å²) in [5, 5.41) is 2.99. The van der Waals surface area contributed by atoms with Crippen LogP contribution < -0.4 is 9.62 Å². The molecule has 4 aromatic carbocycles. The quantitative estimate of drug-likeness (QED) is 0.201. The molecule has 0 saturated heterocycles. The molecular formula is C34H35BrFN3O4S. The van der Waals surface area contributed by atoms with Gasteiger partial charge in [-0.2, -0.15) is 0 Å². The average molecular weight is 681 g/mol. The molecule has 1 N–H and O–H groups in total. The third-order valence-corrected chi connectivity index (χ3v) is 9.08. The number of carbonyl (C=O) groups excluding carboxylic acids is 2. The highest BCUT2D eigenvalue weighted by molar-refractivity contribution is 9.10. The van der Waals surface area contributed by atoms with Gasteiger partial charge in [0.2, 0.25) is 11.8 Å². The zero-order chi connectivity index (χ0) is 31.9. The first-order valence-corrected chi connectivity index (χ1v) is 16.3. The van der Waals surface area contributed by atoms with Gasteiger partial charge in [0.1, 0.15) is 18.4 Å². The molecule has 4 rings (SSSR count). The summed E-state index contributed by atoms with van der Waals surface area (Å²) in [6, 6.07) is 28.4. The third kappa shape index (κ3) is 8.76. The van der Waals surface area contributed by atoms with Crippen molar-refractivity contribution >= 4 is 43.5 Å². The maximum atomic E-state index is 14.4. The number of hydrogen-bond donors (Lipinski definition) is 1. The predicted octanol–water partition coefficient (Wildman–Crippen LogP) is 6.34. The first-order chi connectivity index (χ1) is 20.8. The average Bonchev–Trinajstić information content (AvgIpc) is 2.99. The lowest BCUT2D eigenvalue weighted by atomic mass is 10.0. The van der Waals surface area contributed by atoms with Crippen LogP contribution in [0, 0.1) is 5.82 Å². The number of benzene rings is 4. The Hall–Kier alpha value is -4.02. The van der Waals surface area contributed by atoms with Gasteiger partial charge in [-0.1, -0.05) is 76.6 Å². The van der Waals surface area contributed by atoms with Gasteiger partial charge in [-0.25, -0.2) is 12.8 Å². The van der Waals surface area contributed by atoms with Gasteiger partial charge in [0.25, 0.3) is 10.0 Å². The van der Waals surface area contributed by atoms with Crippen molar-refractivity contribution < 1.29 is 22.4 Å². The van der Waals surface area contributed by atoms with Crippen LogP contribution in [0.1, 0.15) is 31.9 Å². The van der Waals surface area contributed by atoms with Gasteiger partial charge >= 0.3 is 0 Å². The van der Waals surface area contributed by atoms with Gasteiger partial charge in [0.15, 0.2) is 0 Å². The number of anilines is 1. The molecule has 0 aliphatic carbocycles. The lowest BCUT2D eigenvalue weighted by Gasteiger charge is -2.35. The Morgan fingerprint density at radius 3 is 1.95 bits per heavy atom. The number of hydrogen-bond acceptors (Lipinski definition) is 4. The van der Waals surface area contributed by atoms with E-state index < -0.39 is 45.8 Å². The lowest BCUT2D eigenvalue weighted by molar-refractivity contribution is -0.140. The van der Waals surface area contributed by atoms with Crippen LogP contribution in [0.15, 0.2) is 119 Å². The largest absolute Gasteiger partial charge is 0.350 e. The molecule has 0 radical (unpaired) electrons. The first kappa shape index (κ1) is 32.9. The van der Waals surface area contributed by atoms with Crippen LogP contribution in [-0.2, 0) is 32.6 Å². The maximum absolute atomic E-state index is 14.4. The van der Waals surface area contributed by atoms with Crippen molar-refractivity contribution in [2.24, 2.45) is 0 Å². The molecule has 0 aliphatic rings. The maximum Gasteiger partial charge on any atom is 0.264 e. The number of nitrogens with zero attached hydrogens (tertiary/aromatic N) is 2. The fourth-order valence-electron chi connectivity index (χ4n) is 4.65. The Bertz CT molecular complexity index is 1660. The van der Waals surface area contributed by atoms with Crippen molar-refractivity contribution in [2.75, 3.05) is 10.8 Å². The van der Waals surface area contributed by atoms with Crippen LogP contribution in [-0.4, -0.2) is 43.3 Å². The van der Waals surface area contributed by atoms with Gasteiger partial charge in [-0.15, -0.1) is 0 Å². The Kier molecular flexibility index (Phi) is 10.6. The number of carbonyl (C=O) groups is 2.